The molecule has 2 atom stereocenters. The molecule has 0 bridgehead atoms. The monoisotopic (exact) mass is 196 g/mol. The van der Waals surface area contributed by atoms with Crippen molar-refractivity contribution in [2.24, 2.45) is 0 Å². The Morgan fingerprint density at radius 1 is 1.42 bits per heavy atom. The van der Waals surface area contributed by atoms with Crippen LogP contribution in [0.3, 0.4) is 0 Å². The maximum atomic E-state index is 10.3. The van der Waals surface area contributed by atoms with Crippen molar-refractivity contribution in [3.05, 3.63) is 0 Å². The van der Waals surface area contributed by atoms with Crippen LogP contribution in [0.2, 0.25) is 0 Å². The first kappa shape index (κ1) is 9.86. The van der Waals surface area contributed by atoms with Gasteiger partial charge in [-0.15, -0.1) is 0 Å². The molecule has 2 N–H and O–H groups in total. The molecule has 0 radical (unpaired) electrons. The summed E-state index contributed by atoms with van der Waals surface area (Å²) in [6.07, 6.45) is -0.858. The number of hydrogen-bond acceptors (Lipinski definition) is 4. The molecule has 0 aromatic carbocycles. The van der Waals surface area contributed by atoms with E-state index in [1.54, 1.807) is 13.8 Å². The zero-order chi connectivity index (χ0) is 9.35. The Balaban J connectivity index is 2.57. The van der Waals surface area contributed by atoms with Gasteiger partial charge < -0.3 is 0 Å². The van der Waals surface area contributed by atoms with Crippen LogP contribution in [-0.2, 0) is 13.8 Å². The summed E-state index contributed by atoms with van der Waals surface area (Å²) in [6, 6.07) is 0. The molecule has 0 amide bonds. The van der Waals surface area contributed by atoms with E-state index in [1.807, 2.05) is 0 Å². The van der Waals surface area contributed by atoms with Gasteiger partial charge in [-0.1, -0.05) is 0 Å². The second-order valence-corrected chi connectivity index (χ2v) is 5.18. The minimum absolute atomic E-state index is 0.221. The van der Waals surface area contributed by atoms with Crippen LogP contribution in [0.25, 0.3) is 0 Å². The van der Waals surface area contributed by atoms with E-state index < -0.39 is 20.1 Å². The molecule has 0 aromatic rings. The number of carbonyl (C=O) groups is 1. The van der Waals surface area contributed by atoms with Crippen molar-refractivity contribution in [2.45, 2.75) is 26.1 Å². The summed E-state index contributed by atoms with van der Waals surface area (Å²) in [4.78, 5) is 19.8. The van der Waals surface area contributed by atoms with Crippen LogP contribution in [0, 0.1) is 0 Å². The van der Waals surface area contributed by atoms with Crippen molar-refractivity contribution >= 4 is 13.9 Å². The summed E-state index contributed by atoms with van der Waals surface area (Å²) in [5.41, 5.74) is 0. The molecule has 0 aromatic heterocycles. The predicted octanol–water partition coefficient (Wildman–Crippen LogP) is 0.382. The van der Waals surface area contributed by atoms with Gasteiger partial charge in [0.1, 0.15) is 0 Å². The average molecular weight is 196 g/mol. The minimum atomic E-state index is -3.37. The average Bonchev–Trinajstić information content (AvgIpc) is 2.04. The Hall–Kier alpha value is -0.220. The molecule has 0 spiro atoms. The molecular weight excluding hydrogens is 183 g/mol. The Bertz CT molecular complexity index is 184. The van der Waals surface area contributed by atoms with Gasteiger partial charge in [0.25, 0.3) is 0 Å². The van der Waals surface area contributed by atoms with Gasteiger partial charge in [-0.3, -0.25) is 0 Å². The van der Waals surface area contributed by atoms with Gasteiger partial charge in [0, 0.05) is 0 Å². The molecule has 1 rings (SSSR count). The first-order valence-corrected chi connectivity index (χ1v) is 5.70. The van der Waals surface area contributed by atoms with Gasteiger partial charge in [-0.25, -0.2) is 0 Å². The number of carboxylic acid groups (broad SMARTS) is 1. The third-order valence-corrected chi connectivity index (χ3v) is 4.01. The molecule has 1 fully saturated rings. The summed E-state index contributed by atoms with van der Waals surface area (Å²) in [5, 5.41) is 8.43. The summed E-state index contributed by atoms with van der Waals surface area (Å²) in [7, 11) is -3.37. The Morgan fingerprint density at radius 3 is 2.17 bits per heavy atom. The van der Waals surface area contributed by atoms with E-state index in [9.17, 15) is 9.69 Å². The molecule has 6 heteroatoms. The number of rotatable bonds is 2. The van der Waals surface area contributed by atoms with E-state index in [0.29, 0.717) is 0 Å². The predicted molar refractivity (Wildman–Crippen MR) is 44.1 cm³/mol. The van der Waals surface area contributed by atoms with E-state index >= 15 is 0 Å². The van der Waals surface area contributed by atoms with Crippen LogP contribution in [0.15, 0.2) is 0 Å². The van der Waals surface area contributed by atoms with Gasteiger partial charge in [0.2, 0.25) is 0 Å². The summed E-state index contributed by atoms with van der Waals surface area (Å²) < 4.78 is 10.1. The first-order chi connectivity index (χ1) is 5.43. The van der Waals surface area contributed by atoms with E-state index in [0.717, 1.165) is 0 Å². The number of carboxylic acids is 1. The zero-order valence-electron chi connectivity index (χ0n) is 6.98. The third kappa shape index (κ3) is 2.14. The van der Waals surface area contributed by atoms with Crippen molar-refractivity contribution in [1.82, 2.24) is 0 Å². The van der Waals surface area contributed by atoms with E-state index in [4.69, 9.17) is 14.2 Å². The van der Waals surface area contributed by atoms with Gasteiger partial charge in [-0.05, 0) is 0 Å². The maximum absolute atomic E-state index is 10.3. The van der Waals surface area contributed by atoms with Crippen molar-refractivity contribution in [1.29, 1.82) is 0 Å². The molecular formula is C6H13O5P. The quantitative estimate of drug-likeness (QED) is 0.624. The molecule has 1 heterocycles. The van der Waals surface area contributed by atoms with Crippen LogP contribution in [0.4, 0.5) is 0 Å². The summed E-state index contributed by atoms with van der Waals surface area (Å²) in [6.45, 7) is 3.50. The molecule has 72 valence electrons. The topological polar surface area (TPSA) is 76.0 Å². The molecule has 0 saturated carbocycles. The van der Waals surface area contributed by atoms with Gasteiger partial charge >= 0.3 is 70.0 Å². The van der Waals surface area contributed by atoms with E-state index in [1.165, 1.54) is 0 Å². The van der Waals surface area contributed by atoms with Gasteiger partial charge in [0.05, 0.1) is 0 Å². The Morgan fingerprint density at radius 2 is 1.83 bits per heavy atom. The van der Waals surface area contributed by atoms with Crippen LogP contribution >= 0.6 is 7.94 Å². The third-order valence-electron chi connectivity index (χ3n) is 1.78. The number of hydrogen-bond donors (Lipinski definition) is 2. The molecule has 1 saturated heterocycles. The fraction of sp³-hybridized carbons (Fsp3) is 0.833. The summed E-state index contributed by atoms with van der Waals surface area (Å²) in [5.74, 6) is -1.09. The van der Waals surface area contributed by atoms with Crippen molar-refractivity contribution in [2.75, 3.05) is 6.16 Å². The molecule has 2 unspecified atom stereocenters. The van der Waals surface area contributed by atoms with Crippen molar-refractivity contribution < 1.29 is 23.8 Å². The van der Waals surface area contributed by atoms with Crippen molar-refractivity contribution in [3.8, 4) is 0 Å². The normalized spacial score (nSPS) is 36.2. The van der Waals surface area contributed by atoms with Gasteiger partial charge in [0.15, 0.2) is 0 Å². The molecule has 1 aliphatic rings. The fourth-order valence-electron chi connectivity index (χ4n) is 1.07. The van der Waals surface area contributed by atoms with Crippen molar-refractivity contribution in [3.63, 3.8) is 0 Å². The van der Waals surface area contributed by atoms with Crippen LogP contribution in [0.5, 0.6) is 0 Å². The molecule has 12 heavy (non-hydrogen) atoms. The van der Waals surface area contributed by atoms with Gasteiger partial charge in [-0.2, -0.15) is 0 Å². The second-order valence-electron chi connectivity index (χ2n) is 2.93. The number of aliphatic carboxylic acids is 1. The molecule has 5 nitrogen and oxygen atoms in total. The SMILES string of the molecule is CC1O[PH](O)(CC(=O)O)OC1C. The first-order valence-electron chi connectivity index (χ1n) is 3.73. The van der Waals surface area contributed by atoms with Crippen LogP contribution in [-0.4, -0.2) is 34.3 Å². The zero-order valence-corrected chi connectivity index (χ0v) is 7.98. The van der Waals surface area contributed by atoms with E-state index in [-0.39, 0.29) is 12.2 Å². The fourth-order valence-corrected chi connectivity index (χ4v) is 3.22. The summed E-state index contributed by atoms with van der Waals surface area (Å²) >= 11 is 0. The second kappa shape index (κ2) is 3.26. The van der Waals surface area contributed by atoms with Crippen LogP contribution < -0.4 is 0 Å². The Labute approximate surface area is 70.9 Å². The van der Waals surface area contributed by atoms with Crippen LogP contribution in [0.1, 0.15) is 13.8 Å². The standard InChI is InChI=1S/C6H13O5P/c1-4-5(2)11-12(9,10-4)3-6(7)8/h4-5,9,12H,3H2,1-2H3,(H,7,8). The molecule has 0 aliphatic carbocycles. The molecule has 1 aliphatic heterocycles. The Kier molecular flexibility index (Phi) is 2.68. The van der Waals surface area contributed by atoms with E-state index in [2.05, 4.69) is 0 Å².